The number of hydrogen-bond donors (Lipinski definition) is 0. The average Bonchev–Trinajstić information content (AvgIpc) is 3.12. The first-order chi connectivity index (χ1) is 17.0. The molecule has 2 aliphatic rings. The number of benzene rings is 2. The summed E-state index contributed by atoms with van der Waals surface area (Å²) in [6.45, 7) is 11.9. The number of carbonyl (C=O) groups is 1. The van der Waals surface area contributed by atoms with E-state index < -0.39 is 0 Å². The van der Waals surface area contributed by atoms with Crippen LogP contribution in [0.2, 0.25) is 0 Å². The predicted molar refractivity (Wildman–Crippen MR) is 150 cm³/mol. The molecule has 180 valence electrons. The van der Waals surface area contributed by atoms with E-state index >= 15 is 0 Å². The molecule has 0 atom stereocenters. The fraction of sp³-hybridized carbons (Fsp3) is 0.312. The van der Waals surface area contributed by atoms with Crippen LogP contribution in [-0.4, -0.2) is 30.1 Å². The van der Waals surface area contributed by atoms with Gasteiger partial charge in [0.1, 0.15) is 0 Å². The Morgan fingerprint density at radius 1 is 1.20 bits per heavy atom. The highest BCUT2D eigenvalue weighted by molar-refractivity contribution is 5.83. The number of carbonyl (C=O) groups excluding carboxylic acids is 1. The van der Waals surface area contributed by atoms with Gasteiger partial charge in [-0.3, -0.25) is 9.79 Å². The maximum atomic E-state index is 11.6. The number of piperidine rings is 1. The number of allylic oxidation sites excluding steroid dienone is 5. The molecule has 0 bridgehead atoms. The average molecular weight is 465 g/mol. The lowest BCUT2D eigenvalue weighted by molar-refractivity contribution is -0.129. The monoisotopic (exact) mass is 464 g/mol. The maximum absolute atomic E-state index is 11.6. The highest BCUT2D eigenvalue weighted by Gasteiger charge is 2.19. The van der Waals surface area contributed by atoms with Crippen molar-refractivity contribution in [3.8, 4) is 11.1 Å². The van der Waals surface area contributed by atoms with E-state index in [1.807, 2.05) is 17.2 Å². The number of aliphatic imine (C=N–C) groups is 1. The Bertz CT molecular complexity index is 1320. The van der Waals surface area contributed by atoms with Crippen LogP contribution in [0.1, 0.15) is 51.2 Å². The molecule has 1 saturated heterocycles. The summed E-state index contributed by atoms with van der Waals surface area (Å²) in [5.74, 6) is 0.678. The van der Waals surface area contributed by atoms with Crippen molar-refractivity contribution in [1.82, 2.24) is 4.90 Å². The first-order valence-corrected chi connectivity index (χ1v) is 12.7. The fourth-order valence-corrected chi connectivity index (χ4v) is 4.87. The molecule has 2 aromatic rings. The Morgan fingerprint density at radius 2 is 2.00 bits per heavy atom. The minimum absolute atomic E-state index is 0.180. The molecule has 0 aromatic heterocycles. The van der Waals surface area contributed by atoms with Gasteiger partial charge in [0.05, 0.1) is 5.69 Å². The molecule has 4 rings (SSSR count). The Balaban J connectivity index is 1.72. The number of nitrogens with zero attached hydrogens (tertiary/aromatic N) is 2. The lowest BCUT2D eigenvalue weighted by Gasteiger charge is -2.29. The summed E-state index contributed by atoms with van der Waals surface area (Å²) in [5.41, 5.74) is 7.19. The topological polar surface area (TPSA) is 32.7 Å². The van der Waals surface area contributed by atoms with Crippen LogP contribution in [0.5, 0.6) is 0 Å². The van der Waals surface area contributed by atoms with Gasteiger partial charge in [-0.2, -0.15) is 0 Å². The summed E-state index contributed by atoms with van der Waals surface area (Å²) >= 11 is 0. The first-order valence-electron chi connectivity index (χ1n) is 12.7. The summed E-state index contributed by atoms with van der Waals surface area (Å²) < 4.78 is 0. The van der Waals surface area contributed by atoms with Gasteiger partial charge in [-0.15, -0.1) is 0 Å². The normalized spacial score (nSPS) is 17.2. The molecule has 0 aliphatic carbocycles. The van der Waals surface area contributed by atoms with Gasteiger partial charge in [0.2, 0.25) is 5.91 Å². The Labute approximate surface area is 209 Å². The SMILES string of the molecule is C=c1ccc(-c2cc(/C=C/C3CCN(C(C)=O)CC3)cc3c2CC=CC=N3)c/c1=C/C(=C\C)CC. The summed E-state index contributed by atoms with van der Waals surface area (Å²) in [5, 5.41) is 2.20. The van der Waals surface area contributed by atoms with Crippen LogP contribution in [0, 0.1) is 5.92 Å². The van der Waals surface area contributed by atoms with Gasteiger partial charge in [0.25, 0.3) is 0 Å². The quantitative estimate of drug-likeness (QED) is 0.535. The van der Waals surface area contributed by atoms with E-state index in [-0.39, 0.29) is 5.91 Å². The lowest BCUT2D eigenvalue weighted by Crippen LogP contribution is -2.36. The lowest BCUT2D eigenvalue weighted by atomic mass is 9.91. The third-order valence-electron chi connectivity index (χ3n) is 7.13. The van der Waals surface area contributed by atoms with Crippen LogP contribution >= 0.6 is 0 Å². The zero-order valence-corrected chi connectivity index (χ0v) is 21.3. The highest BCUT2D eigenvalue weighted by atomic mass is 16.2. The smallest absolute Gasteiger partial charge is 0.219 e. The van der Waals surface area contributed by atoms with Crippen LogP contribution in [0.25, 0.3) is 29.9 Å². The molecule has 1 amide bonds. The molecule has 2 heterocycles. The Morgan fingerprint density at radius 3 is 2.71 bits per heavy atom. The zero-order valence-electron chi connectivity index (χ0n) is 21.3. The summed E-state index contributed by atoms with van der Waals surface area (Å²) in [4.78, 5) is 18.3. The molecule has 3 heteroatoms. The molecule has 2 aromatic carbocycles. The maximum Gasteiger partial charge on any atom is 0.219 e. The Kier molecular flexibility index (Phi) is 7.97. The van der Waals surface area contributed by atoms with Gasteiger partial charge in [0.15, 0.2) is 0 Å². The van der Waals surface area contributed by atoms with Crippen molar-refractivity contribution in [2.45, 2.75) is 46.5 Å². The van der Waals surface area contributed by atoms with Crippen molar-refractivity contribution in [2.75, 3.05) is 13.1 Å². The van der Waals surface area contributed by atoms with Gasteiger partial charge >= 0.3 is 0 Å². The fourth-order valence-electron chi connectivity index (χ4n) is 4.87. The molecule has 3 nitrogen and oxygen atoms in total. The number of hydrogen-bond acceptors (Lipinski definition) is 2. The van der Waals surface area contributed by atoms with Gasteiger partial charge in [-0.05, 0) is 95.5 Å². The standard InChI is InChI=1S/C32H36N2O/c1-5-25(6-2)19-29-22-28(13-10-23(29)3)31-20-27(21-32-30(31)9-7-8-16-33-32)12-11-26-14-17-34(18-15-26)24(4)35/h5,7-8,10-13,16,19-22,26H,3,6,9,14-15,17-18H2,1-2,4H3/b12-11+,25-5-,29-19-. The van der Waals surface area contributed by atoms with Crippen LogP contribution in [0.15, 0.2) is 65.2 Å². The number of amides is 1. The summed E-state index contributed by atoms with van der Waals surface area (Å²) in [7, 11) is 0. The van der Waals surface area contributed by atoms with E-state index in [1.54, 1.807) is 6.92 Å². The predicted octanol–water partition coefficient (Wildman–Crippen LogP) is 5.99. The second kappa shape index (κ2) is 11.3. The van der Waals surface area contributed by atoms with Gasteiger partial charge in [-0.25, -0.2) is 0 Å². The molecule has 1 fully saturated rings. The van der Waals surface area contributed by atoms with E-state index in [4.69, 9.17) is 4.99 Å². The van der Waals surface area contributed by atoms with Crippen LogP contribution in [0.3, 0.4) is 0 Å². The number of rotatable bonds is 5. The molecular formula is C32H36N2O. The second-order valence-electron chi connectivity index (χ2n) is 9.45. The molecule has 0 saturated carbocycles. The highest BCUT2D eigenvalue weighted by Crippen LogP contribution is 2.34. The molecule has 0 radical (unpaired) electrons. The first kappa shape index (κ1) is 24.7. The van der Waals surface area contributed by atoms with Crippen molar-refractivity contribution in [2.24, 2.45) is 10.9 Å². The van der Waals surface area contributed by atoms with Gasteiger partial charge in [-0.1, -0.05) is 61.6 Å². The van der Waals surface area contributed by atoms with E-state index in [9.17, 15) is 4.79 Å². The van der Waals surface area contributed by atoms with Crippen molar-refractivity contribution < 1.29 is 4.79 Å². The molecule has 0 unspecified atom stereocenters. The second-order valence-corrected chi connectivity index (χ2v) is 9.45. The van der Waals surface area contributed by atoms with Crippen LogP contribution < -0.4 is 10.4 Å². The molecule has 0 N–H and O–H groups in total. The molecular weight excluding hydrogens is 428 g/mol. The molecule has 2 aliphatic heterocycles. The van der Waals surface area contributed by atoms with Crippen molar-refractivity contribution in [1.29, 1.82) is 0 Å². The third-order valence-corrected chi connectivity index (χ3v) is 7.13. The van der Waals surface area contributed by atoms with Crippen LogP contribution in [-0.2, 0) is 11.2 Å². The largest absolute Gasteiger partial charge is 0.343 e. The summed E-state index contributed by atoms with van der Waals surface area (Å²) in [6, 6.07) is 11.1. The van der Waals surface area contributed by atoms with Gasteiger partial charge < -0.3 is 4.90 Å². The van der Waals surface area contributed by atoms with Crippen molar-refractivity contribution in [3.63, 3.8) is 0 Å². The van der Waals surface area contributed by atoms with Crippen molar-refractivity contribution in [3.05, 3.63) is 81.8 Å². The molecule has 35 heavy (non-hydrogen) atoms. The zero-order chi connectivity index (χ0) is 24.8. The van der Waals surface area contributed by atoms with E-state index in [1.165, 1.54) is 27.8 Å². The van der Waals surface area contributed by atoms with E-state index in [0.29, 0.717) is 5.92 Å². The van der Waals surface area contributed by atoms with E-state index in [2.05, 4.69) is 81.1 Å². The van der Waals surface area contributed by atoms with E-state index in [0.717, 1.165) is 54.9 Å². The number of likely N-dealkylation sites (tertiary alicyclic amines) is 1. The van der Waals surface area contributed by atoms with Crippen LogP contribution in [0.4, 0.5) is 5.69 Å². The number of fused-ring (bicyclic) bond motifs is 1. The Hall–Kier alpha value is -3.46. The molecule has 0 spiro atoms. The van der Waals surface area contributed by atoms with Gasteiger partial charge in [0, 0.05) is 26.2 Å². The van der Waals surface area contributed by atoms with Crippen molar-refractivity contribution >= 4 is 36.5 Å². The summed E-state index contributed by atoms with van der Waals surface area (Å²) in [6.07, 6.45) is 19.0. The third kappa shape index (κ3) is 5.97. The minimum Gasteiger partial charge on any atom is -0.343 e. The minimum atomic E-state index is 0.180.